The quantitative estimate of drug-likeness (QED) is 0.501. The molecule has 1 fully saturated rings. The van der Waals surface area contributed by atoms with Crippen LogP contribution in [0.4, 0.5) is 21.6 Å². The van der Waals surface area contributed by atoms with Crippen LogP contribution in [0.5, 0.6) is 5.75 Å². The summed E-state index contributed by atoms with van der Waals surface area (Å²) in [5.74, 6) is -0.0953. The zero-order valence-electron chi connectivity index (χ0n) is 14.4. The summed E-state index contributed by atoms with van der Waals surface area (Å²) < 4.78 is 24.4. The van der Waals surface area contributed by atoms with Crippen LogP contribution in [-0.2, 0) is 4.74 Å². The predicted octanol–water partition coefficient (Wildman–Crippen LogP) is 4.24. The molecule has 0 spiro atoms. The van der Waals surface area contributed by atoms with Crippen LogP contribution in [0.1, 0.15) is 6.42 Å². The van der Waals surface area contributed by atoms with Gasteiger partial charge in [0.2, 0.25) is 0 Å². The summed E-state index contributed by atoms with van der Waals surface area (Å²) in [4.78, 5) is 19.4. The van der Waals surface area contributed by atoms with Crippen LogP contribution in [0.2, 0.25) is 5.02 Å². The second-order valence-corrected chi connectivity index (χ2v) is 6.58. The van der Waals surface area contributed by atoms with Gasteiger partial charge in [0, 0.05) is 24.2 Å². The first-order valence-electron chi connectivity index (χ1n) is 8.41. The van der Waals surface area contributed by atoms with Gasteiger partial charge in [-0.3, -0.25) is 10.1 Å². The molecular formula is C18H14ClFN4O4. The highest BCUT2D eigenvalue weighted by Crippen LogP contribution is 2.36. The summed E-state index contributed by atoms with van der Waals surface area (Å²) in [6, 6.07) is 6.97. The van der Waals surface area contributed by atoms with Crippen molar-refractivity contribution in [2.24, 2.45) is 0 Å². The number of rotatable bonds is 5. The zero-order valence-corrected chi connectivity index (χ0v) is 15.1. The highest BCUT2D eigenvalue weighted by molar-refractivity contribution is 6.31. The van der Waals surface area contributed by atoms with Gasteiger partial charge in [0.15, 0.2) is 5.75 Å². The Morgan fingerprint density at radius 3 is 2.89 bits per heavy atom. The molecule has 0 radical (unpaired) electrons. The van der Waals surface area contributed by atoms with Crippen LogP contribution >= 0.6 is 11.6 Å². The van der Waals surface area contributed by atoms with Gasteiger partial charge in [-0.2, -0.15) is 0 Å². The predicted molar refractivity (Wildman–Crippen MR) is 101 cm³/mol. The number of fused-ring (bicyclic) bond motifs is 1. The number of halogens is 2. The van der Waals surface area contributed by atoms with Crippen molar-refractivity contribution in [3.8, 4) is 5.75 Å². The van der Waals surface area contributed by atoms with Crippen LogP contribution in [0, 0.1) is 15.9 Å². The van der Waals surface area contributed by atoms with E-state index in [0.29, 0.717) is 42.0 Å². The number of aromatic nitrogens is 2. The molecular weight excluding hydrogens is 391 g/mol. The SMILES string of the molecule is O=[N+]([O-])c1cc2c(Nc3ccc(F)c(Cl)c3)ncnc2cc1OC1CCOC1. The van der Waals surface area contributed by atoms with Crippen molar-refractivity contribution >= 4 is 39.7 Å². The van der Waals surface area contributed by atoms with Crippen LogP contribution in [-0.4, -0.2) is 34.2 Å². The van der Waals surface area contributed by atoms with Crippen molar-refractivity contribution in [3.63, 3.8) is 0 Å². The minimum atomic E-state index is -0.548. The average Bonchev–Trinajstić information content (AvgIpc) is 3.17. The van der Waals surface area contributed by atoms with Crippen molar-refractivity contribution in [1.82, 2.24) is 9.97 Å². The van der Waals surface area contributed by atoms with E-state index in [-0.39, 0.29) is 22.6 Å². The van der Waals surface area contributed by atoms with E-state index < -0.39 is 10.7 Å². The molecule has 144 valence electrons. The Morgan fingerprint density at radius 1 is 1.32 bits per heavy atom. The molecule has 0 saturated carbocycles. The van der Waals surface area contributed by atoms with Crippen LogP contribution in [0.3, 0.4) is 0 Å². The smallest absolute Gasteiger partial charge is 0.311 e. The Kier molecular flexibility index (Phi) is 4.93. The van der Waals surface area contributed by atoms with E-state index in [0.717, 1.165) is 0 Å². The second kappa shape index (κ2) is 7.53. The molecule has 3 aromatic rings. The molecule has 8 nitrogen and oxygen atoms in total. The average molecular weight is 405 g/mol. The fourth-order valence-electron chi connectivity index (χ4n) is 2.91. The largest absolute Gasteiger partial charge is 0.481 e. The molecule has 28 heavy (non-hydrogen) atoms. The third-order valence-electron chi connectivity index (χ3n) is 4.28. The Bertz CT molecular complexity index is 1060. The van der Waals surface area contributed by atoms with Crippen molar-refractivity contribution in [1.29, 1.82) is 0 Å². The molecule has 4 rings (SSSR count). The van der Waals surface area contributed by atoms with Gasteiger partial charge in [-0.1, -0.05) is 11.6 Å². The lowest BCUT2D eigenvalue weighted by Crippen LogP contribution is -2.16. The molecule has 0 aliphatic carbocycles. The number of hydrogen-bond acceptors (Lipinski definition) is 7. The Labute approximate surface area is 163 Å². The van der Waals surface area contributed by atoms with Gasteiger partial charge in [0.25, 0.3) is 0 Å². The molecule has 1 aromatic heterocycles. The van der Waals surface area contributed by atoms with E-state index in [4.69, 9.17) is 21.1 Å². The molecule has 2 heterocycles. The zero-order chi connectivity index (χ0) is 19.7. The van der Waals surface area contributed by atoms with Crippen molar-refractivity contribution in [2.45, 2.75) is 12.5 Å². The number of benzene rings is 2. The fraction of sp³-hybridized carbons (Fsp3) is 0.222. The number of nitro groups is 1. The molecule has 1 N–H and O–H groups in total. The first-order valence-corrected chi connectivity index (χ1v) is 8.78. The van der Waals surface area contributed by atoms with Crippen molar-refractivity contribution in [3.05, 3.63) is 57.6 Å². The topological polar surface area (TPSA) is 99.4 Å². The van der Waals surface area contributed by atoms with Gasteiger partial charge in [0.1, 0.15) is 24.1 Å². The van der Waals surface area contributed by atoms with Gasteiger partial charge >= 0.3 is 5.69 Å². The number of ether oxygens (including phenoxy) is 2. The second-order valence-electron chi connectivity index (χ2n) is 6.17. The fourth-order valence-corrected chi connectivity index (χ4v) is 3.09. The van der Waals surface area contributed by atoms with Crippen LogP contribution < -0.4 is 10.1 Å². The monoisotopic (exact) mass is 404 g/mol. The molecule has 1 saturated heterocycles. The van der Waals surface area contributed by atoms with Crippen LogP contribution in [0.15, 0.2) is 36.7 Å². The van der Waals surface area contributed by atoms with E-state index >= 15 is 0 Å². The van der Waals surface area contributed by atoms with E-state index in [1.54, 1.807) is 0 Å². The van der Waals surface area contributed by atoms with Crippen molar-refractivity contribution < 1.29 is 18.8 Å². The summed E-state index contributed by atoms with van der Waals surface area (Å²) in [5, 5.41) is 14.9. The first-order chi connectivity index (χ1) is 13.5. The van der Waals surface area contributed by atoms with E-state index in [2.05, 4.69) is 15.3 Å². The maximum atomic E-state index is 13.4. The molecule has 10 heteroatoms. The minimum absolute atomic E-state index is 0.0520. The molecule has 1 atom stereocenters. The summed E-state index contributed by atoms with van der Waals surface area (Å²) in [5.41, 5.74) is 0.747. The number of hydrogen-bond donors (Lipinski definition) is 1. The first kappa shape index (κ1) is 18.3. The van der Waals surface area contributed by atoms with E-state index in [1.165, 1.54) is 36.7 Å². The van der Waals surface area contributed by atoms with Gasteiger partial charge in [-0.25, -0.2) is 14.4 Å². The van der Waals surface area contributed by atoms with Gasteiger partial charge < -0.3 is 14.8 Å². The van der Waals surface area contributed by atoms with Crippen LogP contribution in [0.25, 0.3) is 10.9 Å². The lowest BCUT2D eigenvalue weighted by molar-refractivity contribution is -0.385. The molecule has 0 amide bonds. The summed E-state index contributed by atoms with van der Waals surface area (Å²) in [7, 11) is 0. The Balaban J connectivity index is 1.74. The highest BCUT2D eigenvalue weighted by Gasteiger charge is 2.24. The summed E-state index contributed by atoms with van der Waals surface area (Å²) in [6.07, 6.45) is 1.75. The van der Waals surface area contributed by atoms with E-state index in [1.807, 2.05) is 0 Å². The molecule has 1 aliphatic rings. The summed E-state index contributed by atoms with van der Waals surface area (Å²) >= 11 is 5.80. The number of nitrogens with zero attached hydrogens (tertiary/aromatic N) is 3. The highest BCUT2D eigenvalue weighted by atomic mass is 35.5. The third kappa shape index (κ3) is 3.67. The standard InChI is InChI=1S/C18H14ClFN4O4/c19-13-5-10(1-2-14(13)20)23-18-12-6-16(24(25)26)17(7-15(12)21-9-22-18)28-11-3-4-27-8-11/h1-2,5-7,9,11H,3-4,8H2,(H,21,22,23). The van der Waals surface area contributed by atoms with Gasteiger partial charge in [0.05, 0.1) is 34.1 Å². The Morgan fingerprint density at radius 2 is 2.18 bits per heavy atom. The lowest BCUT2D eigenvalue weighted by Gasteiger charge is -2.14. The summed E-state index contributed by atoms with van der Waals surface area (Å²) in [6.45, 7) is 0.944. The minimum Gasteiger partial charge on any atom is -0.481 e. The maximum Gasteiger partial charge on any atom is 0.311 e. The maximum absolute atomic E-state index is 13.4. The van der Waals surface area contributed by atoms with Gasteiger partial charge in [-0.05, 0) is 18.2 Å². The molecule has 1 unspecified atom stereocenters. The number of nitrogens with one attached hydrogen (secondary N) is 1. The molecule has 2 aromatic carbocycles. The molecule has 0 bridgehead atoms. The Hall–Kier alpha value is -3.04. The lowest BCUT2D eigenvalue weighted by atomic mass is 10.2. The number of nitro benzene ring substituents is 1. The van der Waals surface area contributed by atoms with Crippen molar-refractivity contribution in [2.75, 3.05) is 18.5 Å². The molecule has 1 aliphatic heterocycles. The number of anilines is 2. The normalized spacial score (nSPS) is 16.3. The van der Waals surface area contributed by atoms with E-state index in [9.17, 15) is 14.5 Å². The van der Waals surface area contributed by atoms with Gasteiger partial charge in [-0.15, -0.1) is 0 Å². The third-order valence-corrected chi connectivity index (χ3v) is 4.57.